The van der Waals surface area contributed by atoms with Gasteiger partial charge >= 0.3 is 0 Å². The van der Waals surface area contributed by atoms with Crippen LogP contribution >= 0.6 is 0 Å². The minimum atomic E-state index is -3.43. The Balaban J connectivity index is 1.62. The maximum Gasteiger partial charge on any atom is 0.241 e. The molecule has 1 N–H and O–H groups in total. The molecule has 0 aromatic heterocycles. The molecule has 0 radical (unpaired) electrons. The van der Waals surface area contributed by atoms with E-state index < -0.39 is 16.1 Å². The molecule has 3 aliphatic rings. The average molecular weight is 494 g/mol. The number of nitrogens with one attached hydrogen (secondary N) is 1. The molecule has 190 valence electrons. The van der Waals surface area contributed by atoms with Crippen molar-refractivity contribution in [3.8, 4) is 11.5 Å². The number of carbonyl (C=O) groups excluding carboxylic acids is 1. The van der Waals surface area contributed by atoms with Crippen LogP contribution in [0.2, 0.25) is 0 Å². The fourth-order valence-electron chi connectivity index (χ4n) is 5.75. The Bertz CT molecular complexity index is 963. The Morgan fingerprint density at radius 1 is 1.12 bits per heavy atom. The molecule has 1 aliphatic heterocycles. The fraction of sp³-hybridized carbons (Fsp3) is 0.720. The Morgan fingerprint density at radius 2 is 1.85 bits per heavy atom. The first kappa shape index (κ1) is 25.3. The van der Waals surface area contributed by atoms with Crippen LogP contribution in [0.5, 0.6) is 11.5 Å². The van der Waals surface area contributed by atoms with Crippen LogP contribution in [0.3, 0.4) is 0 Å². The highest BCUT2D eigenvalue weighted by molar-refractivity contribution is 7.88. The number of methoxy groups -OCH3 is 2. The number of rotatable bonds is 10. The van der Waals surface area contributed by atoms with E-state index in [0.29, 0.717) is 24.0 Å². The minimum Gasteiger partial charge on any atom is -0.497 e. The van der Waals surface area contributed by atoms with E-state index in [9.17, 15) is 13.2 Å². The van der Waals surface area contributed by atoms with Crippen LogP contribution in [0.1, 0.15) is 56.9 Å². The molecule has 1 heterocycles. The normalized spacial score (nSPS) is 23.9. The number of ether oxygens (including phenoxy) is 2. The van der Waals surface area contributed by atoms with Gasteiger partial charge in [-0.1, -0.05) is 18.9 Å². The molecule has 1 saturated heterocycles. The molecule has 34 heavy (non-hydrogen) atoms. The van der Waals surface area contributed by atoms with Crippen LogP contribution in [-0.4, -0.2) is 75.8 Å². The summed E-state index contributed by atoms with van der Waals surface area (Å²) < 4.78 is 37.6. The summed E-state index contributed by atoms with van der Waals surface area (Å²) in [6, 6.07) is 5.71. The molecule has 0 spiro atoms. The van der Waals surface area contributed by atoms with Crippen molar-refractivity contribution in [2.45, 2.75) is 76.0 Å². The van der Waals surface area contributed by atoms with E-state index in [2.05, 4.69) is 14.5 Å². The number of likely N-dealkylation sites (tertiary alicyclic amines) is 1. The highest BCUT2D eigenvalue weighted by Crippen LogP contribution is 2.38. The van der Waals surface area contributed by atoms with Gasteiger partial charge in [-0.15, -0.1) is 0 Å². The van der Waals surface area contributed by atoms with Crippen LogP contribution in [0.4, 0.5) is 0 Å². The van der Waals surface area contributed by atoms with Crippen molar-refractivity contribution < 1.29 is 22.7 Å². The number of nitrogens with zero attached hydrogens (tertiary/aromatic N) is 2. The Labute approximate surface area is 204 Å². The molecule has 1 aromatic rings. The Hall–Kier alpha value is -1.84. The SMILES string of the molecule is COc1ccc(CN(C2CC2)[C@H](CNS(C)(=O)=O)C(=O)N2CCC[C@H]3CCCC[C@@H]32)c(OC)c1. The number of benzene rings is 1. The molecular formula is C25H39N3O5S. The predicted octanol–water partition coefficient (Wildman–Crippen LogP) is 2.77. The molecule has 0 bridgehead atoms. The molecule has 2 saturated carbocycles. The van der Waals surface area contributed by atoms with Gasteiger partial charge in [-0.3, -0.25) is 9.69 Å². The van der Waals surface area contributed by atoms with Crippen LogP contribution in [0, 0.1) is 5.92 Å². The lowest BCUT2D eigenvalue weighted by Crippen LogP contribution is -2.59. The summed E-state index contributed by atoms with van der Waals surface area (Å²) in [6.45, 7) is 1.36. The van der Waals surface area contributed by atoms with Gasteiger partial charge in [-0.05, 0) is 50.5 Å². The van der Waals surface area contributed by atoms with Crippen molar-refractivity contribution in [3.63, 3.8) is 0 Å². The molecule has 3 atom stereocenters. The van der Waals surface area contributed by atoms with Crippen molar-refractivity contribution in [1.82, 2.24) is 14.5 Å². The first-order valence-corrected chi connectivity index (χ1v) is 14.4. The van der Waals surface area contributed by atoms with Crippen molar-refractivity contribution in [2.24, 2.45) is 5.92 Å². The second kappa shape index (κ2) is 10.8. The van der Waals surface area contributed by atoms with Crippen LogP contribution in [0.15, 0.2) is 18.2 Å². The van der Waals surface area contributed by atoms with Gasteiger partial charge in [0.2, 0.25) is 15.9 Å². The van der Waals surface area contributed by atoms with Gasteiger partial charge in [0.1, 0.15) is 17.5 Å². The van der Waals surface area contributed by atoms with Crippen LogP contribution in [0.25, 0.3) is 0 Å². The van der Waals surface area contributed by atoms with Gasteiger partial charge in [0.15, 0.2) is 0 Å². The highest BCUT2D eigenvalue weighted by atomic mass is 32.2. The third kappa shape index (κ3) is 6.04. The maximum absolute atomic E-state index is 14.1. The average Bonchev–Trinajstić information content (AvgIpc) is 3.67. The largest absolute Gasteiger partial charge is 0.497 e. The van der Waals surface area contributed by atoms with Crippen molar-refractivity contribution in [1.29, 1.82) is 0 Å². The molecular weight excluding hydrogens is 454 g/mol. The first-order valence-electron chi connectivity index (χ1n) is 12.5. The number of fused-ring (bicyclic) bond motifs is 1. The molecule has 8 nitrogen and oxygen atoms in total. The first-order chi connectivity index (χ1) is 16.3. The van der Waals surface area contributed by atoms with E-state index in [1.54, 1.807) is 14.2 Å². The Morgan fingerprint density at radius 3 is 2.53 bits per heavy atom. The van der Waals surface area contributed by atoms with E-state index in [-0.39, 0.29) is 24.5 Å². The van der Waals surface area contributed by atoms with Gasteiger partial charge in [0.25, 0.3) is 0 Å². The molecule has 9 heteroatoms. The lowest BCUT2D eigenvalue weighted by atomic mass is 9.78. The third-order valence-electron chi connectivity index (χ3n) is 7.61. The van der Waals surface area contributed by atoms with Crippen LogP contribution in [-0.2, 0) is 21.4 Å². The van der Waals surface area contributed by atoms with Gasteiger partial charge in [-0.2, -0.15) is 0 Å². The molecule has 2 aliphatic carbocycles. The van der Waals surface area contributed by atoms with E-state index >= 15 is 0 Å². The molecule has 1 amide bonds. The molecule has 3 fully saturated rings. The number of hydrogen-bond acceptors (Lipinski definition) is 6. The summed E-state index contributed by atoms with van der Waals surface area (Å²) in [5, 5.41) is 0. The molecule has 0 unspecified atom stereocenters. The summed E-state index contributed by atoms with van der Waals surface area (Å²) in [5.41, 5.74) is 0.960. The summed E-state index contributed by atoms with van der Waals surface area (Å²) in [6.07, 6.45) is 10.0. The standard InChI is InChI=1S/C25H39N3O5S/c1-32-21-13-10-19(24(15-21)33-2)17-28(20-11-12-20)23(16-26-34(3,30)31)25(29)27-14-6-8-18-7-4-5-9-22(18)27/h10,13,15,18,20,22-23,26H,4-9,11-12,14,16-17H2,1-3H3/t18-,22+,23-/m1/s1. The maximum atomic E-state index is 14.1. The number of sulfonamides is 1. The second-order valence-corrected chi connectivity index (χ2v) is 11.8. The highest BCUT2D eigenvalue weighted by Gasteiger charge is 2.43. The lowest BCUT2D eigenvalue weighted by molar-refractivity contribution is -0.143. The predicted molar refractivity (Wildman–Crippen MR) is 131 cm³/mol. The van der Waals surface area contributed by atoms with Crippen LogP contribution < -0.4 is 14.2 Å². The van der Waals surface area contributed by atoms with E-state index in [1.165, 1.54) is 19.3 Å². The monoisotopic (exact) mass is 493 g/mol. The zero-order chi connectivity index (χ0) is 24.3. The quantitative estimate of drug-likeness (QED) is 0.539. The van der Waals surface area contributed by atoms with Gasteiger partial charge in [0.05, 0.1) is 20.5 Å². The van der Waals surface area contributed by atoms with Gasteiger partial charge in [-0.25, -0.2) is 13.1 Å². The van der Waals surface area contributed by atoms with E-state index in [0.717, 1.165) is 50.5 Å². The number of carbonyl (C=O) groups is 1. The lowest BCUT2D eigenvalue weighted by Gasteiger charge is -2.46. The summed E-state index contributed by atoms with van der Waals surface area (Å²) in [7, 11) is -0.181. The number of hydrogen-bond donors (Lipinski definition) is 1. The zero-order valence-corrected chi connectivity index (χ0v) is 21.5. The number of amides is 1. The molecule has 1 aromatic carbocycles. The fourth-order valence-corrected chi connectivity index (χ4v) is 6.21. The summed E-state index contributed by atoms with van der Waals surface area (Å²) in [5.74, 6) is 2.05. The van der Waals surface area contributed by atoms with E-state index in [1.807, 2.05) is 18.2 Å². The zero-order valence-electron chi connectivity index (χ0n) is 20.7. The van der Waals surface area contributed by atoms with Crippen molar-refractivity contribution in [2.75, 3.05) is 33.6 Å². The molecule has 4 rings (SSSR count). The van der Waals surface area contributed by atoms with Gasteiger partial charge in [0, 0.05) is 43.3 Å². The summed E-state index contributed by atoms with van der Waals surface area (Å²) in [4.78, 5) is 18.4. The van der Waals surface area contributed by atoms with Crippen molar-refractivity contribution >= 4 is 15.9 Å². The van der Waals surface area contributed by atoms with Gasteiger partial charge < -0.3 is 14.4 Å². The second-order valence-electron chi connectivity index (χ2n) is 10.0. The number of piperidine rings is 1. The summed E-state index contributed by atoms with van der Waals surface area (Å²) >= 11 is 0. The minimum absolute atomic E-state index is 0.0622. The van der Waals surface area contributed by atoms with Crippen molar-refractivity contribution in [3.05, 3.63) is 23.8 Å². The smallest absolute Gasteiger partial charge is 0.241 e. The van der Waals surface area contributed by atoms with E-state index in [4.69, 9.17) is 9.47 Å². The third-order valence-corrected chi connectivity index (χ3v) is 8.30. The Kier molecular flexibility index (Phi) is 8.05. The topological polar surface area (TPSA) is 88.2 Å².